The number of thiophene rings is 1. The molecule has 0 N–H and O–H groups in total. The highest BCUT2D eigenvalue weighted by Crippen LogP contribution is 2.12. The number of hydrogen-bond donors (Lipinski definition) is 0. The first-order chi connectivity index (χ1) is 14.5. The van der Waals surface area contributed by atoms with E-state index in [1.165, 1.54) is 5.56 Å². The molecule has 2 rings (SSSR count). The van der Waals surface area contributed by atoms with Crippen molar-refractivity contribution >= 4 is 17.4 Å². The zero-order chi connectivity index (χ0) is 21.7. The first-order valence-electron chi connectivity index (χ1n) is 10.4. The first kappa shape index (κ1) is 24.2. The van der Waals surface area contributed by atoms with E-state index in [-0.39, 0.29) is 0 Å². The van der Waals surface area contributed by atoms with E-state index in [9.17, 15) is 0 Å². The molecular weight excluding hydrogens is 394 g/mol. The largest absolute Gasteiger partial charge is 0.462 e. The van der Waals surface area contributed by atoms with E-state index in [2.05, 4.69) is 52.6 Å². The Kier molecular flexibility index (Phi) is 10.7. The summed E-state index contributed by atoms with van der Waals surface area (Å²) in [7, 11) is 0. The number of nitrogens with zero attached hydrogens (tertiary/aromatic N) is 1. The van der Waals surface area contributed by atoms with Crippen LogP contribution < -0.4 is 0 Å². The fourth-order valence-electron chi connectivity index (χ4n) is 2.77. The molecule has 162 valence electrons. The van der Waals surface area contributed by atoms with E-state index in [4.69, 9.17) is 13.9 Å². The maximum absolute atomic E-state index is 5.91. The monoisotopic (exact) mass is 427 g/mol. The molecule has 0 unspecified atom stereocenters. The van der Waals surface area contributed by atoms with Gasteiger partial charge in [-0.25, -0.2) is 0 Å². The van der Waals surface area contributed by atoms with Gasteiger partial charge in [-0.05, 0) is 67.9 Å². The number of likely N-dealkylation sites (N-methyl/N-ethyl adjacent to an activating group) is 1. The highest BCUT2D eigenvalue weighted by molar-refractivity contribution is 7.08. The van der Waals surface area contributed by atoms with Gasteiger partial charge in [-0.3, -0.25) is 4.90 Å². The molecule has 2 aromatic heterocycles. The van der Waals surface area contributed by atoms with Crippen LogP contribution in [0.5, 0.6) is 0 Å². The van der Waals surface area contributed by atoms with Crippen LogP contribution in [0.15, 0.2) is 51.6 Å². The van der Waals surface area contributed by atoms with Crippen molar-refractivity contribution < 1.29 is 13.9 Å². The fourth-order valence-corrected chi connectivity index (χ4v) is 3.39. The van der Waals surface area contributed by atoms with Crippen molar-refractivity contribution in [3.8, 4) is 11.8 Å². The van der Waals surface area contributed by atoms with Crippen LogP contribution in [0.4, 0.5) is 0 Å². The van der Waals surface area contributed by atoms with Crippen molar-refractivity contribution in [2.45, 2.75) is 46.4 Å². The Labute approximate surface area is 185 Å². The zero-order valence-electron chi connectivity index (χ0n) is 18.5. The molecule has 5 heteroatoms. The minimum atomic E-state index is -0.407. The molecule has 0 aromatic carbocycles. The van der Waals surface area contributed by atoms with Crippen molar-refractivity contribution in [1.29, 1.82) is 0 Å². The summed E-state index contributed by atoms with van der Waals surface area (Å²) in [5.41, 5.74) is 0.803. The van der Waals surface area contributed by atoms with Crippen LogP contribution in [0.2, 0.25) is 0 Å². The van der Waals surface area contributed by atoms with Gasteiger partial charge in [0.15, 0.2) is 0 Å². The second kappa shape index (κ2) is 13.3. The van der Waals surface area contributed by atoms with Crippen LogP contribution in [-0.4, -0.2) is 36.8 Å². The molecule has 0 saturated carbocycles. The van der Waals surface area contributed by atoms with Crippen molar-refractivity contribution in [3.63, 3.8) is 0 Å². The summed E-state index contributed by atoms with van der Waals surface area (Å²) in [5.74, 6) is 8.00. The molecule has 30 heavy (non-hydrogen) atoms. The van der Waals surface area contributed by atoms with Gasteiger partial charge in [0, 0.05) is 13.2 Å². The standard InChI is InChI=1S/C25H33NO3S/c1-5-26(16-9-7-8-15-25(3,4)28-6-2)19-23-12-13-24(29-23)20-27-17-10-11-22-14-18-30-21-22/h7,9-14,18,21H,5-6,16-17,19-20H2,1-4H3. The predicted octanol–water partition coefficient (Wildman–Crippen LogP) is 5.77. The summed E-state index contributed by atoms with van der Waals surface area (Å²) < 4.78 is 17.2. The quantitative estimate of drug-likeness (QED) is 0.318. The average molecular weight is 428 g/mol. The lowest BCUT2D eigenvalue weighted by Gasteiger charge is -2.17. The van der Waals surface area contributed by atoms with Gasteiger partial charge in [0.05, 0.1) is 13.2 Å². The molecule has 0 aliphatic carbocycles. The fraction of sp³-hybridized carbons (Fsp3) is 0.440. The third-order valence-corrected chi connectivity index (χ3v) is 5.00. The minimum Gasteiger partial charge on any atom is -0.462 e. The molecule has 4 nitrogen and oxygen atoms in total. The van der Waals surface area contributed by atoms with E-state index in [1.54, 1.807) is 11.3 Å². The molecule has 2 aromatic rings. The number of allylic oxidation sites excluding steroid dienone is 1. The van der Waals surface area contributed by atoms with Gasteiger partial charge in [-0.15, -0.1) is 0 Å². The second-order valence-electron chi connectivity index (χ2n) is 7.28. The third kappa shape index (κ3) is 9.60. The highest BCUT2D eigenvalue weighted by Gasteiger charge is 2.12. The van der Waals surface area contributed by atoms with Crippen LogP contribution in [0.1, 0.15) is 44.8 Å². The number of ether oxygens (including phenoxy) is 2. The Balaban J connectivity index is 1.72. The number of rotatable bonds is 12. The molecule has 0 radical (unpaired) electrons. The lowest BCUT2D eigenvalue weighted by molar-refractivity contribution is 0.0362. The Bertz CT molecular complexity index is 837. The van der Waals surface area contributed by atoms with Crippen molar-refractivity contribution in [1.82, 2.24) is 4.90 Å². The summed E-state index contributed by atoms with van der Waals surface area (Å²) in [4.78, 5) is 2.29. The smallest absolute Gasteiger partial charge is 0.129 e. The zero-order valence-corrected chi connectivity index (χ0v) is 19.3. The van der Waals surface area contributed by atoms with Gasteiger partial charge >= 0.3 is 0 Å². The van der Waals surface area contributed by atoms with Crippen molar-refractivity contribution in [2.24, 2.45) is 0 Å². The summed E-state index contributed by atoms with van der Waals surface area (Å²) in [6.07, 6.45) is 8.06. The van der Waals surface area contributed by atoms with E-state index in [0.717, 1.165) is 31.2 Å². The Morgan fingerprint density at radius 1 is 1.17 bits per heavy atom. The van der Waals surface area contributed by atoms with Crippen LogP contribution in [0.3, 0.4) is 0 Å². The van der Waals surface area contributed by atoms with E-state index in [1.807, 2.05) is 45.1 Å². The van der Waals surface area contributed by atoms with Gasteiger partial charge in [-0.2, -0.15) is 11.3 Å². The lowest BCUT2D eigenvalue weighted by Crippen LogP contribution is -2.22. The summed E-state index contributed by atoms with van der Waals surface area (Å²) in [5, 5.41) is 4.18. The topological polar surface area (TPSA) is 34.8 Å². The molecule has 0 fully saturated rings. The molecule has 0 spiro atoms. The normalized spacial score (nSPS) is 12.2. The van der Waals surface area contributed by atoms with Gasteiger partial charge in [0.2, 0.25) is 0 Å². The molecular formula is C25H33NO3S. The maximum Gasteiger partial charge on any atom is 0.129 e. The Hall–Kier alpha value is -2.10. The Morgan fingerprint density at radius 3 is 2.73 bits per heavy atom. The molecule has 0 amide bonds. The second-order valence-corrected chi connectivity index (χ2v) is 8.07. The molecule has 0 aliphatic rings. The average Bonchev–Trinajstić information content (AvgIpc) is 3.38. The van der Waals surface area contributed by atoms with Gasteiger partial charge in [0.25, 0.3) is 0 Å². The SMILES string of the molecule is CCOC(C)(C)C#CC=CCN(CC)Cc1ccc(COCC=Cc2ccsc2)o1. The van der Waals surface area contributed by atoms with Crippen molar-refractivity contribution in [3.05, 3.63) is 64.3 Å². The van der Waals surface area contributed by atoms with E-state index >= 15 is 0 Å². The molecule has 0 aliphatic heterocycles. The Morgan fingerprint density at radius 2 is 2.00 bits per heavy atom. The highest BCUT2D eigenvalue weighted by atomic mass is 32.1. The third-order valence-electron chi connectivity index (χ3n) is 4.30. The summed E-state index contributed by atoms with van der Waals surface area (Å²) in [6.45, 7) is 12.3. The molecule has 0 bridgehead atoms. The number of furan rings is 1. The van der Waals surface area contributed by atoms with Crippen LogP contribution in [-0.2, 0) is 22.6 Å². The molecule has 2 heterocycles. The number of hydrogen-bond acceptors (Lipinski definition) is 5. The minimum absolute atomic E-state index is 0.407. The van der Waals surface area contributed by atoms with Gasteiger partial charge in [-0.1, -0.05) is 37.0 Å². The molecule has 0 saturated heterocycles. The first-order valence-corrected chi connectivity index (χ1v) is 11.3. The van der Waals surface area contributed by atoms with Gasteiger partial charge < -0.3 is 13.9 Å². The van der Waals surface area contributed by atoms with Crippen LogP contribution in [0.25, 0.3) is 6.08 Å². The summed E-state index contributed by atoms with van der Waals surface area (Å²) in [6, 6.07) is 6.10. The van der Waals surface area contributed by atoms with Crippen LogP contribution in [0, 0.1) is 11.8 Å². The maximum atomic E-state index is 5.91. The van der Waals surface area contributed by atoms with Crippen molar-refractivity contribution in [2.75, 3.05) is 26.3 Å². The summed E-state index contributed by atoms with van der Waals surface area (Å²) >= 11 is 1.69. The van der Waals surface area contributed by atoms with Gasteiger partial charge in [0.1, 0.15) is 23.7 Å². The van der Waals surface area contributed by atoms with Crippen LogP contribution >= 0.6 is 11.3 Å². The van der Waals surface area contributed by atoms with E-state index in [0.29, 0.717) is 19.8 Å². The predicted molar refractivity (Wildman–Crippen MR) is 125 cm³/mol. The molecule has 0 atom stereocenters. The van der Waals surface area contributed by atoms with E-state index < -0.39 is 5.60 Å². The lowest BCUT2D eigenvalue weighted by atomic mass is 10.1.